The number of rotatable bonds is 3. The van der Waals surface area contributed by atoms with E-state index in [1.165, 1.54) is 0 Å². The molecule has 0 aliphatic carbocycles. The summed E-state index contributed by atoms with van der Waals surface area (Å²) in [5.74, 6) is 0.606. The first kappa shape index (κ1) is 9.28. The van der Waals surface area contributed by atoms with Crippen LogP contribution in [0.25, 0.3) is 0 Å². The monoisotopic (exact) mass is 140 g/mol. The predicted octanol–water partition coefficient (Wildman–Crippen LogP) is 3.05. The number of aliphatic hydroxyl groups excluding tert-OH is 1. The third-order valence-electron chi connectivity index (χ3n) is 1.54. The van der Waals surface area contributed by atoms with Crippen molar-refractivity contribution in [2.75, 3.05) is 0 Å². The van der Waals surface area contributed by atoms with E-state index in [1.807, 2.05) is 13.0 Å². The highest BCUT2D eigenvalue weighted by Crippen LogP contribution is 2.04. The van der Waals surface area contributed by atoms with Crippen molar-refractivity contribution < 1.29 is 5.11 Å². The van der Waals surface area contributed by atoms with Crippen LogP contribution in [-0.2, 0) is 0 Å². The Morgan fingerprint density at radius 3 is 2.60 bits per heavy atom. The van der Waals surface area contributed by atoms with Crippen LogP contribution >= 0.6 is 0 Å². The van der Waals surface area contributed by atoms with Crippen LogP contribution in [0, 0.1) is 5.92 Å². The normalized spacial score (nSPS) is 16.1. The summed E-state index contributed by atoms with van der Waals surface area (Å²) < 4.78 is 0. The van der Waals surface area contributed by atoms with Crippen molar-refractivity contribution in [3.05, 3.63) is 24.0 Å². The minimum absolute atomic E-state index is 0.606. The topological polar surface area (TPSA) is 20.2 Å². The molecule has 0 radical (unpaired) electrons. The van der Waals surface area contributed by atoms with Gasteiger partial charge in [-0.25, -0.2) is 0 Å². The van der Waals surface area contributed by atoms with Gasteiger partial charge in [-0.1, -0.05) is 32.4 Å². The molecule has 1 atom stereocenters. The first-order valence-corrected chi connectivity index (χ1v) is 3.69. The van der Waals surface area contributed by atoms with E-state index in [-0.39, 0.29) is 0 Å². The Labute approximate surface area is 63.1 Å². The Morgan fingerprint density at radius 2 is 2.20 bits per heavy atom. The zero-order valence-corrected chi connectivity index (χ0v) is 6.96. The molecule has 0 amide bonds. The first-order chi connectivity index (χ1) is 4.70. The maximum absolute atomic E-state index is 8.51. The van der Waals surface area contributed by atoms with E-state index in [0.29, 0.717) is 5.92 Å². The van der Waals surface area contributed by atoms with Gasteiger partial charge in [0.2, 0.25) is 0 Å². The highest BCUT2D eigenvalue weighted by molar-refractivity contribution is 5.13. The number of hydrogen-bond acceptors (Lipinski definition) is 1. The van der Waals surface area contributed by atoms with Crippen LogP contribution in [0.1, 0.15) is 27.2 Å². The number of allylic oxidation sites excluding steroid dienone is 3. The van der Waals surface area contributed by atoms with Crippen LogP contribution in [0.4, 0.5) is 0 Å². The third kappa shape index (κ3) is 4.19. The summed E-state index contributed by atoms with van der Waals surface area (Å²) in [6.07, 6.45) is 6.31. The molecule has 10 heavy (non-hydrogen) atoms. The fourth-order valence-corrected chi connectivity index (χ4v) is 0.495. The van der Waals surface area contributed by atoms with Gasteiger partial charge in [-0.15, -0.1) is 0 Å². The molecule has 0 aromatic heterocycles. The van der Waals surface area contributed by atoms with Gasteiger partial charge in [-0.05, 0) is 18.4 Å². The third-order valence-corrected chi connectivity index (χ3v) is 1.54. The zero-order valence-electron chi connectivity index (χ0n) is 6.96. The van der Waals surface area contributed by atoms with Crippen LogP contribution < -0.4 is 0 Å². The predicted molar refractivity (Wildman–Crippen MR) is 45.0 cm³/mol. The Balaban J connectivity index is 3.75. The van der Waals surface area contributed by atoms with Crippen molar-refractivity contribution >= 4 is 0 Å². The van der Waals surface area contributed by atoms with E-state index in [0.717, 1.165) is 18.3 Å². The molecule has 0 aromatic rings. The summed E-state index contributed by atoms with van der Waals surface area (Å²) in [6.45, 7) is 6.17. The summed E-state index contributed by atoms with van der Waals surface area (Å²) in [6, 6.07) is 0. The minimum Gasteiger partial charge on any atom is -0.515 e. The van der Waals surface area contributed by atoms with Crippen LogP contribution in [-0.4, -0.2) is 5.11 Å². The minimum atomic E-state index is 0.606. The fourth-order valence-electron chi connectivity index (χ4n) is 0.495. The van der Waals surface area contributed by atoms with E-state index >= 15 is 0 Å². The lowest BCUT2D eigenvalue weighted by Crippen LogP contribution is -1.83. The fraction of sp³-hybridized carbons (Fsp3) is 0.556. The van der Waals surface area contributed by atoms with Gasteiger partial charge in [-0.2, -0.15) is 0 Å². The lowest BCUT2D eigenvalue weighted by Gasteiger charge is -1.98. The average molecular weight is 140 g/mol. The second-order valence-corrected chi connectivity index (χ2v) is 2.62. The molecule has 1 unspecified atom stereocenters. The quantitative estimate of drug-likeness (QED) is 0.472. The lowest BCUT2D eigenvalue weighted by atomic mass is 10.1. The molecular formula is C9H16O. The Hall–Kier alpha value is -0.720. The van der Waals surface area contributed by atoms with Gasteiger partial charge in [0.1, 0.15) is 0 Å². The molecule has 0 aliphatic heterocycles. The molecule has 0 saturated heterocycles. The molecule has 1 nitrogen and oxygen atoms in total. The molecule has 0 rings (SSSR count). The van der Waals surface area contributed by atoms with E-state index in [4.69, 9.17) is 5.11 Å². The average Bonchev–Trinajstić information content (AvgIpc) is 1.99. The number of hydrogen-bond donors (Lipinski definition) is 1. The maximum atomic E-state index is 8.51. The highest BCUT2D eigenvalue weighted by Gasteiger charge is 1.89. The first-order valence-electron chi connectivity index (χ1n) is 3.69. The van der Waals surface area contributed by atoms with E-state index in [9.17, 15) is 0 Å². The summed E-state index contributed by atoms with van der Waals surface area (Å²) in [4.78, 5) is 0. The molecule has 0 spiro atoms. The van der Waals surface area contributed by atoms with Crippen molar-refractivity contribution in [1.29, 1.82) is 0 Å². The zero-order chi connectivity index (χ0) is 7.98. The smallest absolute Gasteiger partial charge is 0.0820 e. The number of aliphatic hydroxyl groups is 1. The van der Waals surface area contributed by atoms with E-state index < -0.39 is 0 Å². The van der Waals surface area contributed by atoms with Gasteiger partial charge in [0.25, 0.3) is 0 Å². The molecule has 58 valence electrons. The summed E-state index contributed by atoms with van der Waals surface area (Å²) in [5, 5.41) is 8.51. The standard InChI is InChI=1S/C9H16O/c1-4-8(2)5-6-9(3)7-10/h5-8,10H,4H2,1-3H3. The maximum Gasteiger partial charge on any atom is 0.0820 e. The molecule has 0 bridgehead atoms. The molecule has 1 N–H and O–H groups in total. The summed E-state index contributed by atoms with van der Waals surface area (Å²) in [5.41, 5.74) is 0.903. The molecule has 1 heteroatoms. The van der Waals surface area contributed by atoms with Gasteiger partial charge >= 0.3 is 0 Å². The lowest BCUT2D eigenvalue weighted by molar-refractivity contribution is 0.469. The SMILES string of the molecule is CCC(C)C=CC(C)=CO. The molecule has 0 aromatic carbocycles. The van der Waals surface area contributed by atoms with E-state index in [1.54, 1.807) is 0 Å². The van der Waals surface area contributed by atoms with Crippen molar-refractivity contribution in [3.63, 3.8) is 0 Å². The Morgan fingerprint density at radius 1 is 1.60 bits per heavy atom. The van der Waals surface area contributed by atoms with Crippen LogP contribution in [0.3, 0.4) is 0 Å². The van der Waals surface area contributed by atoms with Gasteiger partial charge in [0.05, 0.1) is 6.26 Å². The second-order valence-electron chi connectivity index (χ2n) is 2.62. The van der Waals surface area contributed by atoms with Gasteiger partial charge < -0.3 is 5.11 Å². The molecule has 0 heterocycles. The molecule has 0 saturated carbocycles. The van der Waals surface area contributed by atoms with Crippen molar-refractivity contribution in [3.8, 4) is 0 Å². The molecular weight excluding hydrogens is 124 g/mol. The summed E-state index contributed by atoms with van der Waals surface area (Å²) >= 11 is 0. The van der Waals surface area contributed by atoms with E-state index in [2.05, 4.69) is 19.9 Å². The Kier molecular flexibility index (Phi) is 4.73. The Bertz CT molecular complexity index is 134. The summed E-state index contributed by atoms with van der Waals surface area (Å²) in [7, 11) is 0. The molecule has 0 aliphatic rings. The molecule has 0 fully saturated rings. The highest BCUT2D eigenvalue weighted by atomic mass is 16.2. The van der Waals surface area contributed by atoms with Crippen LogP contribution in [0.2, 0.25) is 0 Å². The van der Waals surface area contributed by atoms with Gasteiger partial charge in [0, 0.05) is 0 Å². The second kappa shape index (κ2) is 5.10. The van der Waals surface area contributed by atoms with Crippen molar-refractivity contribution in [2.45, 2.75) is 27.2 Å². The van der Waals surface area contributed by atoms with Gasteiger partial charge in [-0.3, -0.25) is 0 Å². The largest absolute Gasteiger partial charge is 0.515 e. The van der Waals surface area contributed by atoms with Crippen LogP contribution in [0.15, 0.2) is 24.0 Å². The van der Waals surface area contributed by atoms with Gasteiger partial charge in [0.15, 0.2) is 0 Å². The van der Waals surface area contributed by atoms with Crippen LogP contribution in [0.5, 0.6) is 0 Å². The van der Waals surface area contributed by atoms with Crippen molar-refractivity contribution in [1.82, 2.24) is 0 Å². The van der Waals surface area contributed by atoms with Crippen molar-refractivity contribution in [2.24, 2.45) is 5.92 Å².